The van der Waals surface area contributed by atoms with Crippen LogP contribution in [0.25, 0.3) is 0 Å². The molecule has 0 fully saturated rings. The van der Waals surface area contributed by atoms with Crippen LogP contribution in [0.1, 0.15) is 0 Å². The number of rotatable bonds is 10. The van der Waals surface area contributed by atoms with Gasteiger partial charge in [-0.3, -0.25) is 0 Å². The minimum absolute atomic E-state index is 0.706. The molecule has 0 aliphatic heterocycles. The lowest BCUT2D eigenvalue weighted by molar-refractivity contribution is 0.275. The maximum atomic E-state index is 8.88. The van der Waals surface area contributed by atoms with Crippen molar-refractivity contribution < 1.29 is 19.2 Å². The summed E-state index contributed by atoms with van der Waals surface area (Å²) in [7, 11) is -4.64. The molecule has 0 aliphatic carbocycles. The average molecular weight is 287 g/mol. The molecule has 112 valence electrons. The van der Waals surface area contributed by atoms with Gasteiger partial charge in [0.05, 0.1) is 0 Å². The van der Waals surface area contributed by atoms with E-state index in [2.05, 4.69) is 16.0 Å². The minimum atomic E-state index is -4.64. The van der Waals surface area contributed by atoms with Crippen molar-refractivity contribution in [2.45, 2.75) is 0 Å². The Balaban J connectivity index is 0. The summed E-state index contributed by atoms with van der Waals surface area (Å²) in [5.74, 6) is 0. The third kappa shape index (κ3) is 36.0. The first-order valence-corrected chi connectivity index (χ1v) is 7.29. The number of nitrogens with two attached hydrogens (primary N) is 2. The predicted molar refractivity (Wildman–Crippen MR) is 71.0 cm³/mol. The van der Waals surface area contributed by atoms with E-state index >= 15 is 0 Å². The van der Waals surface area contributed by atoms with Crippen molar-refractivity contribution >= 4 is 7.82 Å². The smallest absolute Gasteiger partial charge is 0.329 e. The van der Waals surface area contributed by atoms with Crippen LogP contribution < -0.4 is 27.4 Å². The van der Waals surface area contributed by atoms with E-state index in [1.807, 2.05) is 0 Å². The second-order valence-electron chi connectivity index (χ2n) is 3.34. The van der Waals surface area contributed by atoms with E-state index < -0.39 is 7.82 Å². The van der Waals surface area contributed by atoms with Gasteiger partial charge in [0.25, 0.3) is 0 Å². The van der Waals surface area contributed by atoms with Gasteiger partial charge in [0.1, 0.15) is 0 Å². The maximum Gasteiger partial charge on any atom is 0.466 e. The second kappa shape index (κ2) is 15.0. The highest BCUT2D eigenvalue weighted by molar-refractivity contribution is 7.45. The molecule has 0 aromatic carbocycles. The molecule has 0 amide bonds. The zero-order valence-corrected chi connectivity index (χ0v) is 11.4. The SMILES string of the molecule is NCCNCCNCCNCCN.O=P(O)(O)O. The molecule has 0 atom stereocenters. The Labute approximate surface area is 108 Å². The van der Waals surface area contributed by atoms with Crippen LogP contribution in [-0.4, -0.2) is 67.0 Å². The number of hydrogen-bond donors (Lipinski definition) is 8. The molecule has 0 unspecified atom stereocenters. The quantitative estimate of drug-likeness (QED) is 0.152. The topological polar surface area (TPSA) is 166 Å². The molecule has 0 saturated carbocycles. The zero-order chi connectivity index (χ0) is 14.3. The molecule has 10 N–H and O–H groups in total. The van der Waals surface area contributed by atoms with Gasteiger partial charge in [-0.25, -0.2) is 4.57 Å². The number of hydrogen-bond acceptors (Lipinski definition) is 6. The Hall–Kier alpha value is -0.0900. The minimum Gasteiger partial charge on any atom is -0.329 e. The normalized spacial score (nSPS) is 10.9. The number of phosphoric acid groups is 1. The van der Waals surface area contributed by atoms with E-state index in [1.54, 1.807) is 0 Å². The lowest BCUT2D eigenvalue weighted by atomic mass is 10.5. The summed E-state index contributed by atoms with van der Waals surface area (Å²) in [6, 6.07) is 0. The highest BCUT2D eigenvalue weighted by atomic mass is 31.2. The van der Waals surface area contributed by atoms with E-state index in [9.17, 15) is 0 Å². The largest absolute Gasteiger partial charge is 0.466 e. The van der Waals surface area contributed by atoms with Gasteiger partial charge in [-0.15, -0.1) is 0 Å². The maximum absolute atomic E-state index is 8.88. The molecule has 0 aromatic heterocycles. The molecule has 0 heterocycles. The fourth-order valence-corrected chi connectivity index (χ4v) is 0.933. The van der Waals surface area contributed by atoms with Gasteiger partial charge in [-0.2, -0.15) is 0 Å². The van der Waals surface area contributed by atoms with Crippen LogP contribution in [0, 0.1) is 0 Å². The Bertz CT molecular complexity index is 186. The molecular weight excluding hydrogens is 261 g/mol. The van der Waals surface area contributed by atoms with Gasteiger partial charge in [-0.05, 0) is 0 Å². The Morgan fingerprint density at radius 3 is 1.17 bits per heavy atom. The van der Waals surface area contributed by atoms with Crippen molar-refractivity contribution in [2.24, 2.45) is 11.5 Å². The molecule has 0 rings (SSSR count). The van der Waals surface area contributed by atoms with Crippen molar-refractivity contribution in [2.75, 3.05) is 52.4 Å². The number of nitrogens with one attached hydrogen (secondary N) is 3. The van der Waals surface area contributed by atoms with Crippen LogP contribution in [0.5, 0.6) is 0 Å². The van der Waals surface area contributed by atoms with E-state index in [0.29, 0.717) is 13.1 Å². The summed E-state index contributed by atoms with van der Waals surface area (Å²) in [6.07, 6.45) is 0. The predicted octanol–water partition coefficient (Wildman–Crippen LogP) is -3.26. The van der Waals surface area contributed by atoms with Gasteiger partial charge in [0, 0.05) is 52.4 Å². The fraction of sp³-hybridized carbons (Fsp3) is 1.00. The van der Waals surface area contributed by atoms with Crippen molar-refractivity contribution in [3.05, 3.63) is 0 Å². The van der Waals surface area contributed by atoms with Crippen molar-refractivity contribution in [1.29, 1.82) is 0 Å². The lowest BCUT2D eigenvalue weighted by Crippen LogP contribution is -2.35. The zero-order valence-electron chi connectivity index (χ0n) is 10.5. The van der Waals surface area contributed by atoms with Gasteiger partial charge in [-0.1, -0.05) is 0 Å². The van der Waals surface area contributed by atoms with Crippen LogP contribution in [0.15, 0.2) is 0 Å². The fourth-order valence-electron chi connectivity index (χ4n) is 0.933. The molecule has 0 saturated heterocycles. The molecule has 10 heteroatoms. The van der Waals surface area contributed by atoms with Crippen molar-refractivity contribution in [3.8, 4) is 0 Å². The van der Waals surface area contributed by atoms with E-state index in [-0.39, 0.29) is 0 Å². The molecule has 0 aromatic rings. The summed E-state index contributed by atoms with van der Waals surface area (Å²) < 4.78 is 8.88. The van der Waals surface area contributed by atoms with Crippen LogP contribution in [-0.2, 0) is 4.57 Å². The highest BCUT2D eigenvalue weighted by Gasteiger charge is 2.00. The highest BCUT2D eigenvalue weighted by Crippen LogP contribution is 2.25. The molecule has 0 spiro atoms. The molecule has 0 radical (unpaired) electrons. The Morgan fingerprint density at radius 1 is 0.722 bits per heavy atom. The average Bonchev–Trinajstić information content (AvgIpc) is 2.25. The van der Waals surface area contributed by atoms with Gasteiger partial charge < -0.3 is 42.1 Å². The van der Waals surface area contributed by atoms with E-state index in [0.717, 1.165) is 39.3 Å². The summed E-state index contributed by atoms with van der Waals surface area (Å²) >= 11 is 0. The lowest BCUT2D eigenvalue weighted by Gasteiger charge is -2.06. The van der Waals surface area contributed by atoms with Gasteiger partial charge in [0.15, 0.2) is 0 Å². The third-order valence-corrected chi connectivity index (χ3v) is 1.60. The molecule has 18 heavy (non-hydrogen) atoms. The van der Waals surface area contributed by atoms with E-state index in [1.165, 1.54) is 0 Å². The summed E-state index contributed by atoms with van der Waals surface area (Å²) in [4.78, 5) is 21.6. The van der Waals surface area contributed by atoms with Crippen LogP contribution in [0.3, 0.4) is 0 Å². The van der Waals surface area contributed by atoms with Crippen LogP contribution in [0.2, 0.25) is 0 Å². The standard InChI is InChI=1S/C8H23N5.H3O4P/c9-1-3-11-5-7-13-8-6-12-4-2-10;1-5(2,3)4/h11-13H,1-10H2;(H3,1,2,3,4). The van der Waals surface area contributed by atoms with Gasteiger partial charge in [0.2, 0.25) is 0 Å². The Kier molecular flexibility index (Phi) is 16.8. The molecule has 0 aliphatic rings. The van der Waals surface area contributed by atoms with Crippen LogP contribution in [0.4, 0.5) is 0 Å². The van der Waals surface area contributed by atoms with Crippen molar-refractivity contribution in [1.82, 2.24) is 16.0 Å². The Morgan fingerprint density at radius 2 is 0.944 bits per heavy atom. The van der Waals surface area contributed by atoms with Crippen molar-refractivity contribution in [3.63, 3.8) is 0 Å². The summed E-state index contributed by atoms with van der Waals surface area (Å²) in [5, 5.41) is 9.71. The first-order valence-electron chi connectivity index (χ1n) is 5.72. The molecule has 9 nitrogen and oxygen atoms in total. The first kappa shape index (κ1) is 20.2. The van der Waals surface area contributed by atoms with Crippen LogP contribution >= 0.6 is 7.82 Å². The summed E-state index contributed by atoms with van der Waals surface area (Å²) in [6.45, 7) is 7.15. The van der Waals surface area contributed by atoms with Gasteiger partial charge >= 0.3 is 7.82 Å². The third-order valence-electron chi connectivity index (χ3n) is 1.60. The monoisotopic (exact) mass is 287 g/mol. The first-order chi connectivity index (χ1) is 8.41. The van der Waals surface area contributed by atoms with E-state index in [4.69, 9.17) is 30.7 Å². The molecule has 0 bridgehead atoms. The summed E-state index contributed by atoms with van der Waals surface area (Å²) in [5.41, 5.74) is 10.6. The molecular formula is C8H26N5O4P. The second-order valence-corrected chi connectivity index (χ2v) is 4.37.